The summed E-state index contributed by atoms with van der Waals surface area (Å²) in [5, 5.41) is 27.9. The van der Waals surface area contributed by atoms with Crippen LogP contribution in [0.25, 0.3) is 0 Å². The molecule has 0 heterocycles. The van der Waals surface area contributed by atoms with Gasteiger partial charge in [0.15, 0.2) is 0 Å². The molecule has 2 amide bonds. The summed E-state index contributed by atoms with van der Waals surface area (Å²) in [6.45, 7) is 3.99. The van der Waals surface area contributed by atoms with Crippen molar-refractivity contribution in [2.45, 2.75) is 102 Å². The van der Waals surface area contributed by atoms with Crippen molar-refractivity contribution < 1.29 is 19.8 Å². The molecule has 2 aromatic rings. The fourth-order valence-electron chi connectivity index (χ4n) is 5.88. The standard InChI is InChI=1S/C36H50N2O4S/c1-4-14-31(36(42)38-32(23-28-17-10-6-11-18-28)34(40)33(39)21-26(2)3)37-35(41)30(22-27-15-8-5-9-16-27)25-43-24-29-19-12-7-13-20-29/h1,5,7-9,12-13,15-16,19-20,26,28,30-34,39-40H,6,10-11,14,17-18,21-25H2,2-3H3,(H,37,41)(H,38,42)/t30-,31+,32+,33+,34-/m1/s1. The van der Waals surface area contributed by atoms with E-state index in [4.69, 9.17) is 6.42 Å². The lowest BCUT2D eigenvalue weighted by Crippen LogP contribution is -2.56. The maximum absolute atomic E-state index is 13.7. The van der Waals surface area contributed by atoms with Gasteiger partial charge in [0.05, 0.1) is 18.1 Å². The van der Waals surface area contributed by atoms with Crippen LogP contribution in [0.4, 0.5) is 0 Å². The van der Waals surface area contributed by atoms with Crippen LogP contribution in [0.3, 0.4) is 0 Å². The molecule has 1 saturated carbocycles. The Balaban J connectivity index is 1.71. The van der Waals surface area contributed by atoms with Crippen molar-refractivity contribution in [3.63, 3.8) is 0 Å². The highest BCUT2D eigenvalue weighted by Crippen LogP contribution is 2.29. The first-order valence-corrected chi connectivity index (χ1v) is 17.0. The number of rotatable bonds is 17. The minimum atomic E-state index is -1.10. The highest BCUT2D eigenvalue weighted by atomic mass is 32.2. The molecule has 4 N–H and O–H groups in total. The first-order valence-electron chi connectivity index (χ1n) is 15.8. The zero-order valence-corrected chi connectivity index (χ0v) is 26.6. The Morgan fingerprint density at radius 3 is 2.16 bits per heavy atom. The van der Waals surface area contributed by atoms with Crippen LogP contribution in [-0.2, 0) is 21.8 Å². The lowest BCUT2D eigenvalue weighted by atomic mass is 9.82. The number of carbonyl (C=O) groups is 2. The molecule has 0 radical (unpaired) electrons. The van der Waals surface area contributed by atoms with Crippen molar-refractivity contribution in [2.75, 3.05) is 5.75 Å². The zero-order chi connectivity index (χ0) is 31.0. The molecule has 1 aliphatic carbocycles. The van der Waals surface area contributed by atoms with Crippen LogP contribution >= 0.6 is 11.8 Å². The molecular formula is C36H50N2O4S. The third kappa shape index (κ3) is 12.4. The van der Waals surface area contributed by atoms with Crippen LogP contribution in [0.5, 0.6) is 0 Å². The van der Waals surface area contributed by atoms with Crippen LogP contribution in [0.15, 0.2) is 60.7 Å². The number of thioether (sulfide) groups is 1. The Hall–Kier alpha value is -2.79. The quantitative estimate of drug-likeness (QED) is 0.178. The number of benzene rings is 2. The first-order chi connectivity index (χ1) is 20.8. The van der Waals surface area contributed by atoms with Crippen molar-refractivity contribution in [1.82, 2.24) is 10.6 Å². The second-order valence-electron chi connectivity index (χ2n) is 12.4. The largest absolute Gasteiger partial charge is 0.390 e. The molecule has 0 aliphatic heterocycles. The number of amides is 2. The third-order valence-electron chi connectivity index (χ3n) is 8.24. The summed E-state index contributed by atoms with van der Waals surface area (Å²) in [7, 11) is 0. The van der Waals surface area contributed by atoms with Gasteiger partial charge < -0.3 is 20.8 Å². The van der Waals surface area contributed by atoms with Gasteiger partial charge in [-0.2, -0.15) is 11.8 Å². The van der Waals surface area contributed by atoms with E-state index in [1.807, 2.05) is 62.4 Å². The second-order valence-corrected chi connectivity index (χ2v) is 13.4. The molecule has 234 valence electrons. The molecule has 0 saturated heterocycles. The number of terminal acetylenes is 1. The van der Waals surface area contributed by atoms with Gasteiger partial charge in [-0.25, -0.2) is 0 Å². The third-order valence-corrected chi connectivity index (χ3v) is 9.42. The minimum absolute atomic E-state index is 0.0353. The summed E-state index contributed by atoms with van der Waals surface area (Å²) in [6, 6.07) is 18.5. The molecule has 7 heteroatoms. The number of aliphatic hydroxyl groups excluding tert-OH is 2. The van der Waals surface area contributed by atoms with E-state index >= 15 is 0 Å². The van der Waals surface area contributed by atoms with E-state index in [0.29, 0.717) is 30.9 Å². The van der Waals surface area contributed by atoms with Crippen molar-refractivity contribution in [3.8, 4) is 12.3 Å². The van der Waals surface area contributed by atoms with E-state index in [1.54, 1.807) is 11.8 Å². The average Bonchev–Trinajstić information content (AvgIpc) is 3.00. The predicted octanol–water partition coefficient (Wildman–Crippen LogP) is 5.51. The van der Waals surface area contributed by atoms with Crippen molar-refractivity contribution in [3.05, 3.63) is 71.8 Å². The van der Waals surface area contributed by atoms with Crippen LogP contribution in [0.2, 0.25) is 0 Å². The van der Waals surface area contributed by atoms with Crippen LogP contribution in [0.1, 0.15) is 76.3 Å². The van der Waals surface area contributed by atoms with Gasteiger partial charge in [-0.3, -0.25) is 9.59 Å². The monoisotopic (exact) mass is 606 g/mol. The number of carbonyl (C=O) groups excluding carboxylic acids is 2. The summed E-state index contributed by atoms with van der Waals surface area (Å²) < 4.78 is 0. The smallest absolute Gasteiger partial charge is 0.243 e. The van der Waals surface area contributed by atoms with Crippen LogP contribution < -0.4 is 10.6 Å². The van der Waals surface area contributed by atoms with Gasteiger partial charge in [-0.15, -0.1) is 12.3 Å². The maximum Gasteiger partial charge on any atom is 0.243 e. The summed E-state index contributed by atoms with van der Waals surface area (Å²) in [5.74, 6) is 3.50. The topological polar surface area (TPSA) is 98.7 Å². The summed E-state index contributed by atoms with van der Waals surface area (Å²) in [4.78, 5) is 27.3. The fraction of sp³-hybridized carbons (Fsp3) is 0.556. The lowest BCUT2D eigenvalue weighted by Gasteiger charge is -2.33. The number of aliphatic hydroxyl groups is 2. The Labute approximate surface area is 262 Å². The average molecular weight is 607 g/mol. The van der Waals surface area contributed by atoms with Crippen LogP contribution in [-0.4, -0.2) is 52.1 Å². The molecule has 43 heavy (non-hydrogen) atoms. The summed E-state index contributed by atoms with van der Waals surface area (Å²) >= 11 is 1.69. The fourth-order valence-corrected chi connectivity index (χ4v) is 6.98. The van der Waals surface area contributed by atoms with E-state index in [1.165, 1.54) is 12.0 Å². The number of nitrogens with one attached hydrogen (secondary N) is 2. The predicted molar refractivity (Wildman–Crippen MR) is 176 cm³/mol. The van der Waals surface area contributed by atoms with Crippen LogP contribution in [0, 0.1) is 30.1 Å². The summed E-state index contributed by atoms with van der Waals surface area (Å²) in [6.07, 6.45) is 10.8. The van der Waals surface area contributed by atoms with Gasteiger partial charge in [-0.1, -0.05) is 107 Å². The summed E-state index contributed by atoms with van der Waals surface area (Å²) in [5.41, 5.74) is 2.24. The van der Waals surface area contributed by atoms with E-state index in [-0.39, 0.29) is 24.2 Å². The molecule has 5 atom stereocenters. The normalized spacial score (nSPS) is 17.3. The first kappa shape index (κ1) is 34.7. The molecule has 1 aliphatic rings. The molecule has 3 rings (SSSR count). The lowest BCUT2D eigenvalue weighted by molar-refractivity contribution is -0.132. The Bertz CT molecular complexity index is 1130. The SMILES string of the molecule is C#CC[C@H](NC(=O)[C@@H](CSCc1ccccc1)Cc1ccccc1)C(=O)N[C@@H](CC1CCCCC1)[C@@H](O)[C@@H](O)CC(C)C. The highest BCUT2D eigenvalue weighted by molar-refractivity contribution is 7.98. The van der Waals surface area contributed by atoms with Gasteiger partial charge >= 0.3 is 0 Å². The molecule has 0 bridgehead atoms. The maximum atomic E-state index is 13.7. The Kier molecular flexibility index (Phi) is 15.2. The van der Waals surface area contributed by atoms with Gasteiger partial charge in [0.25, 0.3) is 0 Å². The van der Waals surface area contributed by atoms with E-state index in [0.717, 1.165) is 37.0 Å². The molecule has 0 spiro atoms. The molecule has 2 aromatic carbocycles. The van der Waals surface area contributed by atoms with Gasteiger partial charge in [0.1, 0.15) is 12.1 Å². The zero-order valence-electron chi connectivity index (χ0n) is 25.8. The molecule has 0 unspecified atom stereocenters. The Morgan fingerprint density at radius 2 is 1.56 bits per heavy atom. The van der Waals surface area contributed by atoms with Gasteiger partial charge in [0, 0.05) is 17.9 Å². The molecular weight excluding hydrogens is 556 g/mol. The molecule has 1 fully saturated rings. The van der Waals surface area contributed by atoms with Gasteiger partial charge in [0.2, 0.25) is 11.8 Å². The van der Waals surface area contributed by atoms with E-state index in [9.17, 15) is 19.8 Å². The van der Waals surface area contributed by atoms with Gasteiger partial charge in [-0.05, 0) is 42.2 Å². The molecule has 6 nitrogen and oxygen atoms in total. The van der Waals surface area contributed by atoms with E-state index < -0.39 is 30.2 Å². The molecule has 0 aromatic heterocycles. The Morgan fingerprint density at radius 1 is 0.930 bits per heavy atom. The van der Waals surface area contributed by atoms with Crippen molar-refractivity contribution in [2.24, 2.45) is 17.8 Å². The van der Waals surface area contributed by atoms with Crippen molar-refractivity contribution >= 4 is 23.6 Å². The minimum Gasteiger partial charge on any atom is -0.390 e. The highest BCUT2D eigenvalue weighted by Gasteiger charge is 2.33. The number of hydrogen-bond donors (Lipinski definition) is 4. The number of hydrogen-bond acceptors (Lipinski definition) is 5. The van der Waals surface area contributed by atoms with Crippen molar-refractivity contribution in [1.29, 1.82) is 0 Å². The second kappa shape index (κ2) is 18.8. The van der Waals surface area contributed by atoms with E-state index in [2.05, 4.69) is 28.7 Å².